The number of imidazole rings is 1. The Bertz CT molecular complexity index is 596. The highest BCUT2D eigenvalue weighted by molar-refractivity contribution is 9.10. The van der Waals surface area contributed by atoms with Gasteiger partial charge in [-0.25, -0.2) is 9.97 Å². The maximum atomic E-state index is 4.81. The minimum absolute atomic E-state index is 0.427. The van der Waals surface area contributed by atoms with E-state index < -0.39 is 0 Å². The van der Waals surface area contributed by atoms with Gasteiger partial charge in [-0.1, -0.05) is 0 Å². The summed E-state index contributed by atoms with van der Waals surface area (Å²) in [6, 6.07) is 0.427. The Morgan fingerprint density at radius 2 is 2.11 bits per heavy atom. The highest BCUT2D eigenvalue weighted by atomic mass is 79.9. The van der Waals surface area contributed by atoms with Crippen molar-refractivity contribution in [2.24, 2.45) is 0 Å². The lowest BCUT2D eigenvalue weighted by Gasteiger charge is -2.04. The van der Waals surface area contributed by atoms with E-state index >= 15 is 0 Å². The number of hydrogen-bond donors (Lipinski definition) is 1. The molecule has 1 saturated heterocycles. The van der Waals surface area contributed by atoms with Crippen LogP contribution in [0.15, 0.2) is 17.0 Å². The molecule has 18 heavy (non-hydrogen) atoms. The van der Waals surface area contributed by atoms with E-state index in [9.17, 15) is 0 Å². The maximum Gasteiger partial charge on any atom is 0.159 e. The van der Waals surface area contributed by atoms with Gasteiger partial charge in [0, 0.05) is 18.3 Å². The number of nitrogens with one attached hydrogen (secondary N) is 1. The molecule has 0 aromatic carbocycles. The van der Waals surface area contributed by atoms with Crippen molar-refractivity contribution in [1.82, 2.24) is 19.7 Å². The zero-order valence-electron chi connectivity index (χ0n) is 10.1. The number of rotatable bonds is 2. The van der Waals surface area contributed by atoms with Crippen molar-refractivity contribution in [2.75, 3.05) is 6.54 Å². The summed E-state index contributed by atoms with van der Waals surface area (Å²) < 4.78 is 3.03. The van der Waals surface area contributed by atoms with Crippen molar-refractivity contribution < 1.29 is 0 Å². The first-order valence-corrected chi connectivity index (χ1v) is 7.39. The molecule has 4 rings (SSSR count). The van der Waals surface area contributed by atoms with E-state index in [-0.39, 0.29) is 0 Å². The van der Waals surface area contributed by atoms with Crippen LogP contribution in [0.5, 0.6) is 0 Å². The van der Waals surface area contributed by atoms with Gasteiger partial charge in [0.15, 0.2) is 5.65 Å². The molecule has 2 fully saturated rings. The number of fused-ring (bicyclic) bond motifs is 1. The lowest BCUT2D eigenvalue weighted by Crippen LogP contribution is -2.12. The van der Waals surface area contributed by atoms with Gasteiger partial charge in [-0.2, -0.15) is 0 Å². The summed E-state index contributed by atoms with van der Waals surface area (Å²) in [5.41, 5.74) is 3.37. The second kappa shape index (κ2) is 4.03. The second-order valence-electron chi connectivity index (χ2n) is 5.27. The fourth-order valence-corrected chi connectivity index (χ4v) is 3.16. The first-order chi connectivity index (χ1) is 8.81. The molecule has 1 aliphatic heterocycles. The van der Waals surface area contributed by atoms with Gasteiger partial charge in [0.05, 0.1) is 17.4 Å². The molecule has 0 amide bonds. The topological polar surface area (TPSA) is 42.2 Å². The van der Waals surface area contributed by atoms with Crippen LogP contribution in [0.2, 0.25) is 0 Å². The second-order valence-corrected chi connectivity index (χ2v) is 6.08. The molecular formula is C13H15BrN4. The molecule has 3 heterocycles. The average Bonchev–Trinajstić information content (AvgIpc) is 2.90. The molecule has 0 unspecified atom stereocenters. The fraction of sp³-hybridized carbons (Fsp3) is 0.538. The van der Waals surface area contributed by atoms with Crippen LogP contribution in [0.25, 0.3) is 5.65 Å². The van der Waals surface area contributed by atoms with E-state index in [1.165, 1.54) is 25.7 Å². The molecule has 0 bridgehead atoms. The minimum Gasteiger partial charge on any atom is -0.309 e. The van der Waals surface area contributed by atoms with Gasteiger partial charge in [0.25, 0.3) is 0 Å². The van der Waals surface area contributed by atoms with Crippen molar-refractivity contribution in [3.8, 4) is 0 Å². The molecule has 0 spiro atoms. The molecule has 1 N–H and O–H groups in total. The van der Waals surface area contributed by atoms with Crippen molar-refractivity contribution >= 4 is 21.6 Å². The van der Waals surface area contributed by atoms with E-state index in [1.807, 2.05) is 6.20 Å². The number of nitrogens with zero attached hydrogens (tertiary/aromatic N) is 3. The van der Waals surface area contributed by atoms with Crippen LogP contribution in [0, 0.1) is 0 Å². The maximum absolute atomic E-state index is 4.81. The predicted octanol–water partition coefficient (Wildman–Crippen LogP) is 2.79. The molecule has 1 atom stereocenters. The monoisotopic (exact) mass is 306 g/mol. The zero-order valence-corrected chi connectivity index (χ0v) is 11.7. The summed E-state index contributed by atoms with van der Waals surface area (Å²) in [4.78, 5) is 9.43. The Labute approximate surface area is 114 Å². The van der Waals surface area contributed by atoms with Gasteiger partial charge in [-0.05, 0) is 48.2 Å². The van der Waals surface area contributed by atoms with E-state index in [1.54, 1.807) is 0 Å². The van der Waals surface area contributed by atoms with Crippen LogP contribution in [0.1, 0.15) is 49.0 Å². The standard InChI is InChI=1S/C13H15BrN4/c14-11-7-18-6-10(9-2-1-5-15-9)16-13(18)12(17-11)8-3-4-8/h6-9,15H,1-5H2/t9-/m1/s1. The van der Waals surface area contributed by atoms with Crippen LogP contribution in [-0.2, 0) is 0 Å². The van der Waals surface area contributed by atoms with E-state index in [0.717, 1.165) is 28.2 Å². The Morgan fingerprint density at radius 3 is 2.83 bits per heavy atom. The van der Waals surface area contributed by atoms with Gasteiger partial charge >= 0.3 is 0 Å². The smallest absolute Gasteiger partial charge is 0.159 e. The van der Waals surface area contributed by atoms with E-state index in [2.05, 4.69) is 36.8 Å². The zero-order chi connectivity index (χ0) is 12.1. The Kier molecular flexibility index (Phi) is 2.45. The first kappa shape index (κ1) is 10.9. The number of aromatic nitrogens is 3. The van der Waals surface area contributed by atoms with Crippen molar-refractivity contribution in [3.05, 3.63) is 28.4 Å². The predicted molar refractivity (Wildman–Crippen MR) is 72.6 cm³/mol. The summed E-state index contributed by atoms with van der Waals surface area (Å²) in [7, 11) is 0. The highest BCUT2D eigenvalue weighted by Gasteiger charge is 2.29. The largest absolute Gasteiger partial charge is 0.309 e. The molecule has 0 radical (unpaired) electrons. The van der Waals surface area contributed by atoms with Gasteiger partial charge in [-0.15, -0.1) is 0 Å². The molecular weight excluding hydrogens is 292 g/mol. The Morgan fingerprint density at radius 1 is 1.22 bits per heavy atom. The third kappa shape index (κ3) is 1.77. The summed E-state index contributed by atoms with van der Waals surface area (Å²) in [6.45, 7) is 1.11. The highest BCUT2D eigenvalue weighted by Crippen LogP contribution is 2.41. The fourth-order valence-electron chi connectivity index (χ4n) is 2.74. The van der Waals surface area contributed by atoms with Gasteiger partial charge in [0.1, 0.15) is 4.60 Å². The van der Waals surface area contributed by atoms with E-state index in [0.29, 0.717) is 12.0 Å². The Balaban J connectivity index is 1.85. The lowest BCUT2D eigenvalue weighted by molar-refractivity contribution is 0.632. The first-order valence-electron chi connectivity index (χ1n) is 6.60. The molecule has 2 aromatic heterocycles. The summed E-state index contributed by atoms with van der Waals surface area (Å²) in [5.74, 6) is 0.622. The van der Waals surface area contributed by atoms with Crippen LogP contribution in [0.4, 0.5) is 0 Å². The lowest BCUT2D eigenvalue weighted by atomic mass is 10.2. The summed E-state index contributed by atoms with van der Waals surface area (Å²) in [6.07, 6.45) is 9.10. The molecule has 2 aromatic rings. The molecule has 4 nitrogen and oxygen atoms in total. The summed E-state index contributed by atoms with van der Waals surface area (Å²) >= 11 is 3.50. The van der Waals surface area contributed by atoms with Crippen molar-refractivity contribution in [2.45, 2.75) is 37.6 Å². The van der Waals surface area contributed by atoms with Crippen molar-refractivity contribution in [1.29, 1.82) is 0 Å². The van der Waals surface area contributed by atoms with Crippen LogP contribution < -0.4 is 5.32 Å². The quantitative estimate of drug-likeness (QED) is 0.927. The molecule has 1 aliphatic carbocycles. The van der Waals surface area contributed by atoms with Gasteiger partial charge in [-0.3, -0.25) is 0 Å². The van der Waals surface area contributed by atoms with Crippen LogP contribution in [-0.4, -0.2) is 20.9 Å². The molecule has 94 valence electrons. The minimum atomic E-state index is 0.427. The molecule has 1 saturated carbocycles. The summed E-state index contributed by atoms with van der Waals surface area (Å²) in [5, 5.41) is 3.50. The van der Waals surface area contributed by atoms with Crippen LogP contribution in [0.3, 0.4) is 0 Å². The Hall–Kier alpha value is -0.940. The third-order valence-corrected chi connectivity index (χ3v) is 4.22. The SMILES string of the molecule is Brc1cn2cc([C@H]3CCCN3)nc2c(C2CC2)n1. The normalized spacial score (nSPS) is 23.9. The van der Waals surface area contributed by atoms with Crippen molar-refractivity contribution in [3.63, 3.8) is 0 Å². The molecule has 5 heteroatoms. The average molecular weight is 307 g/mol. The third-order valence-electron chi connectivity index (χ3n) is 3.83. The van der Waals surface area contributed by atoms with Gasteiger partial charge in [0.2, 0.25) is 0 Å². The number of halogens is 1. The van der Waals surface area contributed by atoms with Gasteiger partial charge < -0.3 is 9.72 Å². The van der Waals surface area contributed by atoms with Crippen LogP contribution >= 0.6 is 15.9 Å². The van der Waals surface area contributed by atoms with E-state index in [4.69, 9.17) is 4.98 Å². The molecule has 2 aliphatic rings. The number of hydrogen-bond acceptors (Lipinski definition) is 3.